The van der Waals surface area contributed by atoms with E-state index >= 15 is 0 Å². The highest BCUT2D eigenvalue weighted by atomic mass is 19.1. The van der Waals surface area contributed by atoms with E-state index < -0.39 is 0 Å². The van der Waals surface area contributed by atoms with Gasteiger partial charge in [-0.25, -0.2) is 4.39 Å². The van der Waals surface area contributed by atoms with Crippen LogP contribution in [0.2, 0.25) is 0 Å². The van der Waals surface area contributed by atoms with Crippen molar-refractivity contribution in [3.8, 4) is 0 Å². The lowest BCUT2D eigenvalue weighted by atomic mass is 9.99. The molecule has 0 saturated carbocycles. The fourth-order valence-electron chi connectivity index (χ4n) is 2.03. The smallest absolute Gasteiger partial charge is 0.123 e. The number of rotatable bonds is 8. The second-order valence-electron chi connectivity index (χ2n) is 4.70. The van der Waals surface area contributed by atoms with E-state index in [2.05, 4.69) is 19.2 Å². The molecular formula is C15H24FNO. The quantitative estimate of drug-likeness (QED) is 0.744. The third-order valence-corrected chi connectivity index (χ3v) is 3.27. The zero-order valence-corrected chi connectivity index (χ0v) is 11.3. The van der Waals surface area contributed by atoms with Crippen molar-refractivity contribution in [2.45, 2.75) is 51.6 Å². The minimum absolute atomic E-state index is 0.108. The van der Waals surface area contributed by atoms with Crippen molar-refractivity contribution in [1.29, 1.82) is 0 Å². The van der Waals surface area contributed by atoms with Crippen LogP contribution in [0.5, 0.6) is 0 Å². The van der Waals surface area contributed by atoms with Gasteiger partial charge >= 0.3 is 0 Å². The summed E-state index contributed by atoms with van der Waals surface area (Å²) in [6.45, 7) is 4.35. The molecule has 0 radical (unpaired) electrons. The standard InChI is InChI=1S/C15H24FNO/c1-3-5-6-15(17-14(4-2)11-18)12-7-9-13(16)10-8-12/h7-10,14-15,17-18H,3-6,11H2,1-2H3/t14-,15?/m0/s1. The Bertz CT molecular complexity index is 322. The van der Waals surface area contributed by atoms with Gasteiger partial charge in [-0.3, -0.25) is 0 Å². The summed E-state index contributed by atoms with van der Waals surface area (Å²) in [6.07, 6.45) is 4.16. The molecule has 1 rings (SSSR count). The van der Waals surface area contributed by atoms with Gasteiger partial charge < -0.3 is 10.4 Å². The zero-order chi connectivity index (χ0) is 13.4. The van der Waals surface area contributed by atoms with E-state index in [0.717, 1.165) is 31.2 Å². The largest absolute Gasteiger partial charge is 0.395 e. The van der Waals surface area contributed by atoms with E-state index in [1.807, 2.05) is 12.1 Å². The Kier molecular flexibility index (Phi) is 6.91. The Morgan fingerprint density at radius 3 is 2.39 bits per heavy atom. The minimum Gasteiger partial charge on any atom is -0.395 e. The van der Waals surface area contributed by atoms with Crippen LogP contribution in [0.3, 0.4) is 0 Å². The van der Waals surface area contributed by atoms with Gasteiger partial charge in [0.25, 0.3) is 0 Å². The highest BCUT2D eigenvalue weighted by Gasteiger charge is 2.15. The summed E-state index contributed by atoms with van der Waals surface area (Å²) in [5.74, 6) is -0.206. The van der Waals surface area contributed by atoms with Crippen LogP contribution >= 0.6 is 0 Å². The van der Waals surface area contributed by atoms with Gasteiger partial charge in [-0.15, -0.1) is 0 Å². The maximum atomic E-state index is 12.9. The minimum atomic E-state index is -0.206. The molecule has 2 nitrogen and oxygen atoms in total. The lowest BCUT2D eigenvalue weighted by Gasteiger charge is -2.24. The highest BCUT2D eigenvalue weighted by molar-refractivity contribution is 5.20. The van der Waals surface area contributed by atoms with Crippen LogP contribution in [0.25, 0.3) is 0 Å². The second kappa shape index (κ2) is 8.22. The molecule has 1 aromatic carbocycles. The van der Waals surface area contributed by atoms with E-state index in [9.17, 15) is 9.50 Å². The Morgan fingerprint density at radius 1 is 1.22 bits per heavy atom. The molecule has 0 aromatic heterocycles. The normalized spacial score (nSPS) is 14.4. The van der Waals surface area contributed by atoms with Crippen molar-refractivity contribution in [3.63, 3.8) is 0 Å². The van der Waals surface area contributed by atoms with Crippen LogP contribution in [0.15, 0.2) is 24.3 Å². The molecule has 2 atom stereocenters. The lowest BCUT2D eigenvalue weighted by Crippen LogP contribution is -2.35. The molecule has 3 heteroatoms. The average Bonchev–Trinajstić information content (AvgIpc) is 2.40. The molecular weight excluding hydrogens is 229 g/mol. The van der Waals surface area contributed by atoms with Gasteiger partial charge in [0.2, 0.25) is 0 Å². The Balaban J connectivity index is 2.73. The molecule has 1 aromatic rings. The highest BCUT2D eigenvalue weighted by Crippen LogP contribution is 2.21. The Hall–Kier alpha value is -0.930. The van der Waals surface area contributed by atoms with Gasteiger partial charge in [0.15, 0.2) is 0 Å². The summed E-state index contributed by atoms with van der Waals surface area (Å²) in [6, 6.07) is 6.95. The number of hydrogen-bond donors (Lipinski definition) is 2. The van der Waals surface area contributed by atoms with Gasteiger partial charge in [0.05, 0.1) is 6.61 Å². The fraction of sp³-hybridized carbons (Fsp3) is 0.600. The molecule has 0 aliphatic heterocycles. The molecule has 18 heavy (non-hydrogen) atoms. The number of benzene rings is 1. The average molecular weight is 253 g/mol. The molecule has 0 saturated heterocycles. The molecule has 0 heterocycles. The van der Waals surface area contributed by atoms with E-state index in [4.69, 9.17) is 0 Å². The van der Waals surface area contributed by atoms with Crippen molar-refractivity contribution < 1.29 is 9.50 Å². The predicted molar refractivity (Wildman–Crippen MR) is 73.0 cm³/mol. The summed E-state index contributed by atoms with van der Waals surface area (Å²) in [5, 5.41) is 12.7. The Labute approximate surface area is 109 Å². The summed E-state index contributed by atoms with van der Waals surface area (Å²) >= 11 is 0. The number of aliphatic hydroxyl groups is 1. The monoisotopic (exact) mass is 253 g/mol. The molecule has 0 aliphatic carbocycles. The molecule has 1 unspecified atom stereocenters. The van der Waals surface area contributed by atoms with Crippen molar-refractivity contribution in [2.75, 3.05) is 6.61 Å². The Morgan fingerprint density at radius 2 is 1.89 bits per heavy atom. The molecule has 102 valence electrons. The number of hydrogen-bond acceptors (Lipinski definition) is 2. The van der Waals surface area contributed by atoms with Crippen LogP contribution in [0.1, 0.15) is 51.1 Å². The predicted octanol–water partition coefficient (Wildman–Crippen LogP) is 3.42. The van der Waals surface area contributed by atoms with Crippen LogP contribution < -0.4 is 5.32 Å². The summed E-state index contributed by atoms with van der Waals surface area (Å²) in [4.78, 5) is 0. The van der Waals surface area contributed by atoms with Crippen molar-refractivity contribution >= 4 is 0 Å². The fourth-order valence-corrected chi connectivity index (χ4v) is 2.03. The molecule has 0 bridgehead atoms. The van der Waals surface area contributed by atoms with Crippen molar-refractivity contribution in [3.05, 3.63) is 35.6 Å². The molecule has 0 aliphatic rings. The van der Waals surface area contributed by atoms with Gasteiger partial charge in [0, 0.05) is 12.1 Å². The van der Waals surface area contributed by atoms with Gasteiger partial charge in [0.1, 0.15) is 5.82 Å². The van der Waals surface area contributed by atoms with Crippen molar-refractivity contribution in [1.82, 2.24) is 5.32 Å². The first kappa shape index (κ1) is 15.1. The van der Waals surface area contributed by atoms with Crippen LogP contribution in [0.4, 0.5) is 4.39 Å². The van der Waals surface area contributed by atoms with Crippen LogP contribution in [0, 0.1) is 5.82 Å². The topological polar surface area (TPSA) is 32.3 Å². The number of halogens is 1. The summed E-state index contributed by atoms with van der Waals surface area (Å²) in [7, 11) is 0. The molecule has 0 fully saturated rings. The maximum absolute atomic E-state index is 12.9. The van der Waals surface area contributed by atoms with Crippen LogP contribution in [-0.2, 0) is 0 Å². The molecule has 2 N–H and O–H groups in total. The van der Waals surface area contributed by atoms with Gasteiger partial charge in [-0.1, -0.05) is 38.8 Å². The summed E-state index contributed by atoms with van der Waals surface area (Å²) < 4.78 is 12.9. The number of nitrogens with one attached hydrogen (secondary N) is 1. The molecule has 0 spiro atoms. The van der Waals surface area contributed by atoms with Gasteiger partial charge in [-0.05, 0) is 30.5 Å². The second-order valence-corrected chi connectivity index (χ2v) is 4.70. The van der Waals surface area contributed by atoms with E-state index in [1.165, 1.54) is 12.1 Å². The van der Waals surface area contributed by atoms with Gasteiger partial charge in [-0.2, -0.15) is 0 Å². The third-order valence-electron chi connectivity index (χ3n) is 3.27. The van der Waals surface area contributed by atoms with E-state index in [-0.39, 0.29) is 24.5 Å². The lowest BCUT2D eigenvalue weighted by molar-refractivity contribution is 0.224. The van der Waals surface area contributed by atoms with E-state index in [0.29, 0.717) is 0 Å². The van der Waals surface area contributed by atoms with E-state index in [1.54, 1.807) is 0 Å². The SMILES string of the molecule is CCCCC(N[C@@H](CC)CO)c1ccc(F)cc1. The number of aliphatic hydroxyl groups excluding tert-OH is 1. The maximum Gasteiger partial charge on any atom is 0.123 e. The first-order valence-corrected chi connectivity index (χ1v) is 6.83. The molecule has 0 amide bonds. The first-order chi connectivity index (χ1) is 8.71. The summed E-state index contributed by atoms with van der Waals surface area (Å²) in [5.41, 5.74) is 1.09. The zero-order valence-electron chi connectivity index (χ0n) is 11.3. The number of unbranched alkanes of at least 4 members (excludes halogenated alkanes) is 1. The third kappa shape index (κ3) is 4.75. The first-order valence-electron chi connectivity index (χ1n) is 6.83. The van der Waals surface area contributed by atoms with Crippen molar-refractivity contribution in [2.24, 2.45) is 0 Å². The van der Waals surface area contributed by atoms with Crippen LogP contribution in [-0.4, -0.2) is 17.8 Å².